The summed E-state index contributed by atoms with van der Waals surface area (Å²) < 4.78 is 20.1. The van der Waals surface area contributed by atoms with Gasteiger partial charge in [0.1, 0.15) is 16.8 Å². The van der Waals surface area contributed by atoms with Crippen molar-refractivity contribution >= 4 is 34.2 Å². The van der Waals surface area contributed by atoms with Crippen LogP contribution in [0.15, 0.2) is 53.3 Å². The first kappa shape index (κ1) is 23.4. The molecular weight excluding hydrogens is 459 g/mol. The molecule has 0 fully saturated rings. The number of nitrogens with one attached hydrogen (secondary N) is 1. The van der Waals surface area contributed by atoms with Crippen LogP contribution in [0.1, 0.15) is 34.6 Å². The van der Waals surface area contributed by atoms with Gasteiger partial charge in [0.25, 0.3) is 5.56 Å². The summed E-state index contributed by atoms with van der Waals surface area (Å²) in [4.78, 5) is 34.3. The summed E-state index contributed by atoms with van der Waals surface area (Å²) >= 11 is 5.97. The number of pyridine rings is 1. The van der Waals surface area contributed by atoms with Crippen LogP contribution in [0.2, 0.25) is 5.15 Å². The SMILES string of the molecule is COC(=O)c1nc(Cl)ccc1N[C@H](C)c1cc(C)cc2c(=O)n(C)c(-c3cccc(F)c3)nc12. The molecule has 0 saturated carbocycles. The molecular formula is C25H22ClFN4O3. The van der Waals surface area contributed by atoms with E-state index in [4.69, 9.17) is 21.3 Å². The second-order valence-electron chi connectivity index (χ2n) is 7.95. The van der Waals surface area contributed by atoms with Crippen LogP contribution >= 0.6 is 11.6 Å². The van der Waals surface area contributed by atoms with Crippen molar-refractivity contribution in [1.29, 1.82) is 0 Å². The van der Waals surface area contributed by atoms with Crippen molar-refractivity contribution in [3.8, 4) is 11.4 Å². The number of esters is 1. The molecule has 0 radical (unpaired) electrons. The standard InChI is InChI=1S/C25H22ClFN4O3/c1-13-10-17(14(2)28-19-8-9-20(26)29-22(19)25(33)34-4)21-18(11-13)24(32)31(3)23(30-21)15-6-5-7-16(27)12-15/h5-12,14,28H,1-4H3/t14-/m1/s1. The van der Waals surface area contributed by atoms with Crippen molar-refractivity contribution in [1.82, 2.24) is 14.5 Å². The van der Waals surface area contributed by atoms with E-state index in [2.05, 4.69) is 10.3 Å². The maximum absolute atomic E-state index is 13.9. The second kappa shape index (κ2) is 9.23. The number of rotatable bonds is 5. The second-order valence-corrected chi connectivity index (χ2v) is 8.34. The van der Waals surface area contributed by atoms with Crippen LogP contribution in [-0.4, -0.2) is 27.6 Å². The van der Waals surface area contributed by atoms with E-state index < -0.39 is 11.8 Å². The Balaban J connectivity index is 1.88. The van der Waals surface area contributed by atoms with Crippen molar-refractivity contribution < 1.29 is 13.9 Å². The molecule has 2 aromatic heterocycles. The number of aromatic nitrogens is 3. The van der Waals surface area contributed by atoms with Gasteiger partial charge in [0.05, 0.1) is 29.7 Å². The van der Waals surface area contributed by atoms with Gasteiger partial charge in [0, 0.05) is 18.2 Å². The van der Waals surface area contributed by atoms with E-state index in [1.807, 2.05) is 19.9 Å². The summed E-state index contributed by atoms with van der Waals surface area (Å²) in [6.07, 6.45) is 0. The number of halogens is 2. The van der Waals surface area contributed by atoms with Crippen LogP contribution in [0, 0.1) is 12.7 Å². The number of nitrogens with zero attached hydrogens (tertiary/aromatic N) is 3. The van der Waals surface area contributed by atoms with E-state index >= 15 is 0 Å². The smallest absolute Gasteiger partial charge is 0.358 e. The van der Waals surface area contributed by atoms with Crippen LogP contribution in [-0.2, 0) is 11.8 Å². The first-order valence-electron chi connectivity index (χ1n) is 10.5. The van der Waals surface area contributed by atoms with Gasteiger partial charge in [0.15, 0.2) is 5.69 Å². The van der Waals surface area contributed by atoms with Crippen molar-refractivity contribution in [3.63, 3.8) is 0 Å². The number of fused-ring (bicyclic) bond motifs is 1. The molecule has 2 heterocycles. The number of hydrogen-bond acceptors (Lipinski definition) is 6. The van der Waals surface area contributed by atoms with Crippen molar-refractivity contribution in [3.05, 3.63) is 86.7 Å². The molecule has 0 aliphatic heterocycles. The van der Waals surface area contributed by atoms with Gasteiger partial charge in [-0.3, -0.25) is 9.36 Å². The van der Waals surface area contributed by atoms with E-state index in [-0.39, 0.29) is 22.4 Å². The van der Waals surface area contributed by atoms with E-state index in [1.54, 1.807) is 37.4 Å². The molecule has 0 bridgehead atoms. The first-order chi connectivity index (χ1) is 16.2. The summed E-state index contributed by atoms with van der Waals surface area (Å²) in [6.45, 7) is 3.77. The summed E-state index contributed by atoms with van der Waals surface area (Å²) in [5, 5.41) is 3.86. The van der Waals surface area contributed by atoms with Crippen LogP contribution < -0.4 is 10.9 Å². The number of ether oxygens (including phenoxy) is 1. The summed E-state index contributed by atoms with van der Waals surface area (Å²) in [6, 6.07) is 12.5. The quantitative estimate of drug-likeness (QED) is 0.317. The van der Waals surface area contributed by atoms with Crippen LogP contribution in [0.5, 0.6) is 0 Å². The minimum absolute atomic E-state index is 0.0446. The first-order valence-corrected chi connectivity index (χ1v) is 10.9. The average molecular weight is 481 g/mol. The molecule has 4 rings (SSSR count). The van der Waals surface area contributed by atoms with Crippen molar-refractivity contribution in [2.45, 2.75) is 19.9 Å². The molecule has 0 amide bonds. The third-order valence-corrected chi connectivity index (χ3v) is 5.73. The fraction of sp³-hybridized carbons (Fsp3) is 0.200. The van der Waals surface area contributed by atoms with E-state index in [1.165, 1.54) is 23.8 Å². The minimum atomic E-state index is -0.633. The molecule has 7 nitrogen and oxygen atoms in total. The lowest BCUT2D eigenvalue weighted by atomic mass is 10.0. The van der Waals surface area contributed by atoms with Gasteiger partial charge in [-0.25, -0.2) is 19.2 Å². The average Bonchev–Trinajstić information content (AvgIpc) is 2.81. The number of methoxy groups -OCH3 is 1. The van der Waals surface area contributed by atoms with Crippen LogP contribution in [0.3, 0.4) is 0 Å². The summed E-state index contributed by atoms with van der Waals surface area (Å²) in [5.41, 5.74) is 2.80. The monoisotopic (exact) mass is 480 g/mol. The Bertz CT molecular complexity index is 1490. The van der Waals surface area contributed by atoms with E-state index in [0.29, 0.717) is 28.0 Å². The molecule has 0 unspecified atom stereocenters. The lowest BCUT2D eigenvalue weighted by molar-refractivity contribution is 0.0595. The van der Waals surface area contributed by atoms with Crippen LogP contribution in [0.4, 0.5) is 10.1 Å². The lowest BCUT2D eigenvalue weighted by Gasteiger charge is -2.20. The molecule has 4 aromatic rings. The van der Waals surface area contributed by atoms with Gasteiger partial charge in [-0.2, -0.15) is 0 Å². The topological polar surface area (TPSA) is 86.1 Å². The molecule has 1 N–H and O–H groups in total. The normalized spacial score (nSPS) is 11.9. The fourth-order valence-electron chi connectivity index (χ4n) is 3.88. The molecule has 0 spiro atoms. The summed E-state index contributed by atoms with van der Waals surface area (Å²) in [5.74, 6) is -0.707. The highest BCUT2D eigenvalue weighted by atomic mass is 35.5. The number of hydrogen-bond donors (Lipinski definition) is 1. The fourth-order valence-corrected chi connectivity index (χ4v) is 4.03. The third kappa shape index (κ3) is 4.36. The van der Waals surface area contributed by atoms with Gasteiger partial charge in [-0.1, -0.05) is 29.8 Å². The highest BCUT2D eigenvalue weighted by molar-refractivity contribution is 6.29. The highest BCUT2D eigenvalue weighted by Gasteiger charge is 2.20. The molecule has 9 heteroatoms. The van der Waals surface area contributed by atoms with Gasteiger partial charge in [-0.05, 0) is 49.7 Å². The highest BCUT2D eigenvalue weighted by Crippen LogP contribution is 2.29. The molecule has 0 aliphatic carbocycles. The van der Waals surface area contributed by atoms with Gasteiger partial charge < -0.3 is 10.1 Å². The molecule has 1 atom stereocenters. The largest absolute Gasteiger partial charge is 0.464 e. The summed E-state index contributed by atoms with van der Waals surface area (Å²) in [7, 11) is 2.88. The molecule has 2 aromatic carbocycles. The Labute approximate surface area is 200 Å². The number of carbonyl (C=O) groups is 1. The Morgan fingerprint density at radius 2 is 1.94 bits per heavy atom. The number of anilines is 1. The molecule has 0 saturated heterocycles. The maximum Gasteiger partial charge on any atom is 0.358 e. The molecule has 34 heavy (non-hydrogen) atoms. The molecule has 174 valence electrons. The Kier molecular flexibility index (Phi) is 6.34. The minimum Gasteiger partial charge on any atom is -0.464 e. The molecule has 0 aliphatic rings. The zero-order chi connectivity index (χ0) is 24.6. The Morgan fingerprint density at radius 3 is 2.65 bits per heavy atom. The van der Waals surface area contributed by atoms with E-state index in [9.17, 15) is 14.0 Å². The number of carbonyl (C=O) groups excluding carboxylic acids is 1. The Morgan fingerprint density at radius 1 is 1.18 bits per heavy atom. The number of benzene rings is 2. The third-order valence-electron chi connectivity index (χ3n) is 5.52. The van der Waals surface area contributed by atoms with Crippen molar-refractivity contribution in [2.75, 3.05) is 12.4 Å². The zero-order valence-electron chi connectivity index (χ0n) is 19.0. The predicted octanol–water partition coefficient (Wildman–Crippen LogP) is 5.06. The Hall–Kier alpha value is -3.78. The number of aryl methyl sites for hydroxylation is 1. The van der Waals surface area contributed by atoms with Gasteiger partial charge >= 0.3 is 5.97 Å². The van der Waals surface area contributed by atoms with Crippen molar-refractivity contribution in [2.24, 2.45) is 7.05 Å². The van der Waals surface area contributed by atoms with Gasteiger partial charge in [0.2, 0.25) is 0 Å². The maximum atomic E-state index is 13.9. The lowest BCUT2D eigenvalue weighted by Crippen LogP contribution is -2.22. The van der Waals surface area contributed by atoms with Crippen LogP contribution in [0.25, 0.3) is 22.3 Å². The zero-order valence-corrected chi connectivity index (χ0v) is 19.8. The van der Waals surface area contributed by atoms with E-state index in [0.717, 1.165) is 11.1 Å². The predicted molar refractivity (Wildman–Crippen MR) is 130 cm³/mol. The van der Waals surface area contributed by atoms with Gasteiger partial charge in [-0.15, -0.1) is 0 Å².